The van der Waals surface area contributed by atoms with Crippen LogP contribution in [0, 0.1) is 5.41 Å². The van der Waals surface area contributed by atoms with Gasteiger partial charge in [0, 0.05) is 32.6 Å². The van der Waals surface area contributed by atoms with Crippen molar-refractivity contribution in [2.24, 2.45) is 5.41 Å². The van der Waals surface area contributed by atoms with Crippen LogP contribution in [0.15, 0.2) is 0 Å². The van der Waals surface area contributed by atoms with Crippen LogP contribution in [0.3, 0.4) is 0 Å². The van der Waals surface area contributed by atoms with Crippen molar-refractivity contribution in [3.8, 4) is 0 Å². The fourth-order valence-electron chi connectivity index (χ4n) is 4.22. The first kappa shape index (κ1) is 14.3. The average molecular weight is 279 g/mol. The van der Waals surface area contributed by atoms with Crippen LogP contribution in [0.2, 0.25) is 0 Å². The number of nitrogens with zero attached hydrogens (tertiary/aromatic N) is 3. The number of carbonyl (C=O) groups is 1. The number of carbonyl (C=O) groups excluding carboxylic acids is 1. The van der Waals surface area contributed by atoms with Crippen LogP contribution >= 0.6 is 0 Å². The summed E-state index contributed by atoms with van der Waals surface area (Å²) in [6, 6.07) is 0. The van der Waals surface area contributed by atoms with E-state index in [1.54, 1.807) is 0 Å². The Kier molecular flexibility index (Phi) is 4.32. The Balaban J connectivity index is 1.42. The smallest absolute Gasteiger partial charge is 0.223 e. The third-order valence-corrected chi connectivity index (χ3v) is 5.65. The van der Waals surface area contributed by atoms with Gasteiger partial charge in [-0.05, 0) is 64.2 Å². The molecule has 0 bridgehead atoms. The quantitative estimate of drug-likeness (QED) is 0.782. The van der Waals surface area contributed by atoms with E-state index in [-0.39, 0.29) is 0 Å². The van der Waals surface area contributed by atoms with Crippen LogP contribution < -0.4 is 0 Å². The third-order valence-electron chi connectivity index (χ3n) is 5.65. The maximum atomic E-state index is 12.3. The van der Waals surface area contributed by atoms with E-state index in [1.807, 2.05) is 0 Å². The summed E-state index contributed by atoms with van der Waals surface area (Å²) in [5, 5.41) is 0. The lowest BCUT2D eigenvalue weighted by Crippen LogP contribution is -2.44. The summed E-state index contributed by atoms with van der Waals surface area (Å²) in [5.41, 5.74) is 0.528. The van der Waals surface area contributed by atoms with E-state index >= 15 is 0 Å². The van der Waals surface area contributed by atoms with Crippen LogP contribution in [-0.2, 0) is 4.79 Å². The molecule has 0 aromatic carbocycles. The molecule has 0 saturated carbocycles. The van der Waals surface area contributed by atoms with Gasteiger partial charge in [0.15, 0.2) is 0 Å². The molecule has 20 heavy (non-hydrogen) atoms. The van der Waals surface area contributed by atoms with Gasteiger partial charge in [-0.1, -0.05) is 0 Å². The summed E-state index contributed by atoms with van der Waals surface area (Å²) in [6.45, 7) is 7.83. The van der Waals surface area contributed by atoms with Gasteiger partial charge in [0.1, 0.15) is 0 Å². The summed E-state index contributed by atoms with van der Waals surface area (Å²) in [7, 11) is 2.22. The van der Waals surface area contributed by atoms with Gasteiger partial charge in [0.2, 0.25) is 5.91 Å². The van der Waals surface area contributed by atoms with E-state index in [0.29, 0.717) is 11.3 Å². The molecular formula is C16H29N3O. The molecule has 4 heteroatoms. The van der Waals surface area contributed by atoms with Crippen molar-refractivity contribution in [2.45, 2.75) is 38.5 Å². The number of likely N-dealkylation sites (tertiary alicyclic amines) is 3. The molecular weight excluding hydrogens is 250 g/mol. The van der Waals surface area contributed by atoms with Gasteiger partial charge in [0.05, 0.1) is 0 Å². The highest BCUT2D eigenvalue weighted by molar-refractivity contribution is 5.76. The van der Waals surface area contributed by atoms with Gasteiger partial charge in [-0.15, -0.1) is 0 Å². The van der Waals surface area contributed by atoms with Gasteiger partial charge in [0.25, 0.3) is 0 Å². The predicted octanol–water partition coefficient (Wildman–Crippen LogP) is 1.42. The molecule has 0 aromatic rings. The van der Waals surface area contributed by atoms with Crippen molar-refractivity contribution in [1.29, 1.82) is 0 Å². The zero-order valence-electron chi connectivity index (χ0n) is 12.9. The number of amides is 1. The van der Waals surface area contributed by atoms with Gasteiger partial charge in [-0.3, -0.25) is 4.79 Å². The lowest BCUT2D eigenvalue weighted by Gasteiger charge is -2.39. The second kappa shape index (κ2) is 6.02. The summed E-state index contributed by atoms with van der Waals surface area (Å²) in [4.78, 5) is 19.3. The van der Waals surface area contributed by atoms with Crippen LogP contribution in [-0.4, -0.2) is 73.5 Å². The van der Waals surface area contributed by atoms with Crippen LogP contribution in [0.25, 0.3) is 0 Å². The lowest BCUT2D eigenvalue weighted by atomic mass is 9.78. The molecule has 4 nitrogen and oxygen atoms in total. The first-order valence-corrected chi connectivity index (χ1v) is 8.36. The summed E-state index contributed by atoms with van der Waals surface area (Å²) in [6.07, 6.45) is 7.12. The standard InChI is InChI=1S/C16H29N3O/c1-17-11-5-16(14-17)6-12-19(13-7-16)15(20)4-10-18-8-2-3-9-18/h2-14H2,1H3. The van der Waals surface area contributed by atoms with Gasteiger partial charge in [-0.2, -0.15) is 0 Å². The monoisotopic (exact) mass is 279 g/mol. The highest BCUT2D eigenvalue weighted by atomic mass is 16.2. The fourth-order valence-corrected chi connectivity index (χ4v) is 4.22. The summed E-state index contributed by atoms with van der Waals surface area (Å²) >= 11 is 0. The largest absolute Gasteiger partial charge is 0.343 e. The van der Waals surface area contributed by atoms with Crippen molar-refractivity contribution >= 4 is 5.91 Å². The SMILES string of the molecule is CN1CCC2(CCN(C(=O)CCN3CCCC3)CC2)C1. The second-order valence-corrected chi connectivity index (χ2v) is 7.17. The van der Waals surface area contributed by atoms with Gasteiger partial charge < -0.3 is 14.7 Å². The molecule has 1 amide bonds. The summed E-state index contributed by atoms with van der Waals surface area (Å²) in [5.74, 6) is 0.387. The zero-order chi connectivity index (χ0) is 14.0. The molecule has 0 atom stereocenters. The molecule has 0 unspecified atom stereocenters. The Labute approximate surface area is 123 Å². The molecule has 3 saturated heterocycles. The topological polar surface area (TPSA) is 26.8 Å². The van der Waals surface area contributed by atoms with E-state index in [4.69, 9.17) is 0 Å². The minimum absolute atomic E-state index is 0.387. The lowest BCUT2D eigenvalue weighted by molar-refractivity contribution is -0.133. The summed E-state index contributed by atoms with van der Waals surface area (Å²) < 4.78 is 0. The molecule has 1 spiro atoms. The van der Waals surface area contributed by atoms with Crippen LogP contribution in [0.4, 0.5) is 0 Å². The van der Waals surface area contributed by atoms with Crippen molar-refractivity contribution in [3.05, 3.63) is 0 Å². The molecule has 3 aliphatic heterocycles. The Hall–Kier alpha value is -0.610. The van der Waals surface area contributed by atoms with E-state index in [1.165, 1.54) is 58.3 Å². The second-order valence-electron chi connectivity index (χ2n) is 7.17. The minimum Gasteiger partial charge on any atom is -0.343 e. The van der Waals surface area contributed by atoms with Crippen LogP contribution in [0.1, 0.15) is 38.5 Å². The number of hydrogen-bond acceptors (Lipinski definition) is 3. The van der Waals surface area contributed by atoms with E-state index < -0.39 is 0 Å². The molecule has 3 fully saturated rings. The van der Waals surface area contributed by atoms with Crippen LogP contribution in [0.5, 0.6) is 0 Å². The van der Waals surface area contributed by atoms with Crippen molar-refractivity contribution in [2.75, 3.05) is 52.9 Å². The maximum Gasteiger partial charge on any atom is 0.223 e. The normalized spacial score (nSPS) is 27.6. The third kappa shape index (κ3) is 3.17. The Morgan fingerprint density at radius 1 is 1.00 bits per heavy atom. The van der Waals surface area contributed by atoms with Crippen molar-refractivity contribution in [1.82, 2.24) is 14.7 Å². The predicted molar refractivity (Wildman–Crippen MR) is 80.7 cm³/mol. The number of rotatable bonds is 3. The van der Waals surface area contributed by atoms with E-state index in [9.17, 15) is 4.79 Å². The Bertz CT molecular complexity index is 344. The van der Waals surface area contributed by atoms with E-state index in [0.717, 1.165) is 26.1 Å². The highest BCUT2D eigenvalue weighted by Crippen LogP contribution is 2.39. The molecule has 3 rings (SSSR count). The Morgan fingerprint density at radius 3 is 2.25 bits per heavy atom. The fraction of sp³-hybridized carbons (Fsp3) is 0.938. The van der Waals surface area contributed by atoms with Crippen molar-refractivity contribution in [3.63, 3.8) is 0 Å². The average Bonchev–Trinajstić information content (AvgIpc) is 3.08. The Morgan fingerprint density at radius 2 is 1.65 bits per heavy atom. The first-order chi connectivity index (χ1) is 9.67. The molecule has 3 heterocycles. The van der Waals surface area contributed by atoms with E-state index in [2.05, 4.69) is 21.7 Å². The zero-order valence-corrected chi connectivity index (χ0v) is 12.9. The molecule has 114 valence electrons. The molecule has 0 N–H and O–H groups in total. The molecule has 0 aliphatic carbocycles. The van der Waals surface area contributed by atoms with Gasteiger partial charge in [-0.25, -0.2) is 0 Å². The molecule has 0 aromatic heterocycles. The highest BCUT2D eigenvalue weighted by Gasteiger charge is 2.40. The minimum atomic E-state index is 0.387. The first-order valence-electron chi connectivity index (χ1n) is 8.36. The molecule has 0 radical (unpaired) electrons. The van der Waals surface area contributed by atoms with Crippen molar-refractivity contribution < 1.29 is 4.79 Å². The number of piperidine rings is 1. The maximum absolute atomic E-state index is 12.3. The number of hydrogen-bond donors (Lipinski definition) is 0. The van der Waals surface area contributed by atoms with Gasteiger partial charge >= 0.3 is 0 Å². The molecule has 3 aliphatic rings.